The Morgan fingerprint density at radius 3 is 2.27 bits per heavy atom. The van der Waals surface area contributed by atoms with Crippen molar-refractivity contribution in [2.75, 3.05) is 0 Å². The molecule has 30 heavy (non-hydrogen) atoms. The van der Waals surface area contributed by atoms with Crippen LogP contribution in [0.3, 0.4) is 0 Å². The Bertz CT molecular complexity index is 605. The fourth-order valence-electron chi connectivity index (χ4n) is 9.35. The molecule has 4 fully saturated rings. The molecule has 0 heterocycles. The molecule has 11 atom stereocenters. The van der Waals surface area contributed by atoms with Crippen molar-refractivity contribution in [2.24, 2.45) is 52.3 Å². The molecular formula is C27H48O3. The average molecular weight is 421 g/mol. The van der Waals surface area contributed by atoms with Gasteiger partial charge in [-0.05, 0) is 91.8 Å². The first-order valence-corrected chi connectivity index (χ1v) is 13.1. The maximum atomic E-state index is 11.2. The van der Waals surface area contributed by atoms with Gasteiger partial charge in [-0.3, -0.25) is 0 Å². The van der Waals surface area contributed by atoms with Gasteiger partial charge in [0, 0.05) is 5.41 Å². The maximum Gasteiger partial charge on any atom is 0.0624 e. The van der Waals surface area contributed by atoms with E-state index in [0.29, 0.717) is 36.0 Å². The van der Waals surface area contributed by atoms with Gasteiger partial charge in [-0.15, -0.1) is 0 Å². The van der Waals surface area contributed by atoms with Crippen molar-refractivity contribution in [1.29, 1.82) is 0 Å². The summed E-state index contributed by atoms with van der Waals surface area (Å²) in [5.41, 5.74) is 0.171. The molecule has 0 aromatic heterocycles. The van der Waals surface area contributed by atoms with Crippen LogP contribution in [0.25, 0.3) is 0 Å². The van der Waals surface area contributed by atoms with E-state index in [1.54, 1.807) is 0 Å². The Kier molecular flexibility index (Phi) is 6.41. The van der Waals surface area contributed by atoms with Crippen molar-refractivity contribution in [1.82, 2.24) is 0 Å². The molecule has 4 unspecified atom stereocenters. The van der Waals surface area contributed by atoms with Gasteiger partial charge in [0.05, 0.1) is 18.3 Å². The highest BCUT2D eigenvalue weighted by atomic mass is 16.3. The van der Waals surface area contributed by atoms with E-state index in [2.05, 4.69) is 34.6 Å². The minimum atomic E-state index is -0.481. The molecule has 4 aliphatic rings. The van der Waals surface area contributed by atoms with E-state index in [1.807, 2.05) is 0 Å². The predicted molar refractivity (Wildman–Crippen MR) is 122 cm³/mol. The molecule has 0 saturated heterocycles. The Labute approximate surface area is 185 Å². The van der Waals surface area contributed by atoms with Crippen molar-refractivity contribution >= 4 is 0 Å². The number of aliphatic hydroxyl groups excluding tert-OH is 3. The van der Waals surface area contributed by atoms with Gasteiger partial charge in [0.25, 0.3) is 0 Å². The standard InChI is InChI=1S/C27H48O3/c1-16(2)7-6-8-17(3)20-9-10-21-19-15-24(29)23-13-18(28)14-25(30)27(23,5)22(19)11-12-26(20,21)4/h16-25,28-30H,6-15H2,1-5H3/t17-,18?,19+,20-,21+,22+,23?,24?,25?,26-,27-/m1/s1. The van der Waals surface area contributed by atoms with Crippen LogP contribution in [0.1, 0.15) is 98.8 Å². The Morgan fingerprint density at radius 2 is 1.57 bits per heavy atom. The van der Waals surface area contributed by atoms with E-state index in [4.69, 9.17) is 0 Å². The zero-order chi connectivity index (χ0) is 21.8. The van der Waals surface area contributed by atoms with Crippen molar-refractivity contribution in [3.63, 3.8) is 0 Å². The number of aliphatic hydroxyl groups is 3. The first-order valence-electron chi connectivity index (χ1n) is 13.1. The maximum absolute atomic E-state index is 11.2. The molecule has 4 aliphatic carbocycles. The predicted octanol–water partition coefficient (Wildman–Crippen LogP) is 5.41. The van der Waals surface area contributed by atoms with E-state index in [0.717, 1.165) is 24.2 Å². The smallest absolute Gasteiger partial charge is 0.0624 e. The first kappa shape index (κ1) is 23.1. The minimum absolute atomic E-state index is 0.0500. The van der Waals surface area contributed by atoms with Crippen LogP contribution in [0.2, 0.25) is 0 Å². The van der Waals surface area contributed by atoms with E-state index < -0.39 is 12.2 Å². The van der Waals surface area contributed by atoms with Crippen LogP contribution in [0.15, 0.2) is 0 Å². The molecular weight excluding hydrogens is 372 g/mol. The highest BCUT2D eigenvalue weighted by molar-refractivity contribution is 5.13. The van der Waals surface area contributed by atoms with Gasteiger partial charge in [-0.1, -0.05) is 53.9 Å². The third-order valence-electron chi connectivity index (χ3n) is 11.0. The molecule has 0 spiro atoms. The second-order valence-corrected chi connectivity index (χ2v) is 12.8. The fourth-order valence-corrected chi connectivity index (χ4v) is 9.35. The molecule has 4 saturated carbocycles. The summed E-state index contributed by atoms with van der Waals surface area (Å²) in [5.74, 6) is 4.20. The zero-order valence-electron chi connectivity index (χ0n) is 20.2. The minimum Gasteiger partial charge on any atom is -0.393 e. The molecule has 0 aliphatic heterocycles. The lowest BCUT2D eigenvalue weighted by atomic mass is 9.43. The molecule has 0 bridgehead atoms. The van der Waals surface area contributed by atoms with Crippen molar-refractivity contribution < 1.29 is 15.3 Å². The lowest BCUT2D eigenvalue weighted by molar-refractivity contribution is -0.214. The summed E-state index contributed by atoms with van der Waals surface area (Å²) in [7, 11) is 0. The summed E-state index contributed by atoms with van der Waals surface area (Å²) >= 11 is 0. The normalized spacial score (nSPS) is 51.9. The highest BCUT2D eigenvalue weighted by Gasteiger charge is 2.64. The van der Waals surface area contributed by atoms with E-state index in [-0.39, 0.29) is 17.4 Å². The third kappa shape index (κ3) is 3.59. The van der Waals surface area contributed by atoms with Crippen molar-refractivity contribution in [3.8, 4) is 0 Å². The van der Waals surface area contributed by atoms with Gasteiger partial charge >= 0.3 is 0 Å². The van der Waals surface area contributed by atoms with Gasteiger partial charge in [0.1, 0.15) is 0 Å². The summed E-state index contributed by atoms with van der Waals surface area (Å²) < 4.78 is 0. The SMILES string of the molecule is CC(C)CCC[C@@H](C)[C@H]1CC[C@H]2[C@@H]3CC(O)C4CC(O)CC(O)[C@]4(C)[C@H]3CC[C@]12C. The summed E-state index contributed by atoms with van der Waals surface area (Å²) in [6.45, 7) is 12.0. The Morgan fingerprint density at radius 1 is 0.833 bits per heavy atom. The lowest BCUT2D eigenvalue weighted by Gasteiger charge is -2.63. The fraction of sp³-hybridized carbons (Fsp3) is 1.00. The molecule has 0 amide bonds. The third-order valence-corrected chi connectivity index (χ3v) is 11.0. The van der Waals surface area contributed by atoms with Crippen LogP contribution in [-0.4, -0.2) is 33.6 Å². The van der Waals surface area contributed by atoms with Crippen LogP contribution < -0.4 is 0 Å². The van der Waals surface area contributed by atoms with Gasteiger partial charge in [-0.25, -0.2) is 0 Å². The molecule has 0 aromatic carbocycles. The van der Waals surface area contributed by atoms with E-state index >= 15 is 0 Å². The second-order valence-electron chi connectivity index (χ2n) is 12.8. The van der Waals surface area contributed by atoms with Crippen LogP contribution in [0.5, 0.6) is 0 Å². The largest absolute Gasteiger partial charge is 0.393 e. The van der Waals surface area contributed by atoms with Crippen molar-refractivity contribution in [3.05, 3.63) is 0 Å². The number of fused-ring (bicyclic) bond motifs is 5. The Balaban J connectivity index is 1.53. The quantitative estimate of drug-likeness (QED) is 0.557. The summed E-state index contributed by atoms with van der Waals surface area (Å²) in [6, 6.07) is 0. The lowest BCUT2D eigenvalue weighted by Crippen LogP contribution is -2.63. The second kappa shape index (κ2) is 8.34. The van der Waals surface area contributed by atoms with Gasteiger partial charge < -0.3 is 15.3 Å². The molecule has 174 valence electrons. The zero-order valence-corrected chi connectivity index (χ0v) is 20.2. The van der Waals surface area contributed by atoms with Crippen LogP contribution in [-0.2, 0) is 0 Å². The summed E-state index contributed by atoms with van der Waals surface area (Å²) in [4.78, 5) is 0. The molecule has 0 radical (unpaired) electrons. The number of hydrogen-bond donors (Lipinski definition) is 3. The molecule has 4 rings (SSSR count). The molecule has 3 nitrogen and oxygen atoms in total. The first-order chi connectivity index (χ1) is 14.1. The topological polar surface area (TPSA) is 60.7 Å². The molecule has 3 heteroatoms. The van der Waals surface area contributed by atoms with E-state index in [1.165, 1.54) is 44.9 Å². The summed E-state index contributed by atoms with van der Waals surface area (Å²) in [6.07, 6.45) is 9.93. The van der Waals surface area contributed by atoms with Gasteiger partial charge in [-0.2, -0.15) is 0 Å². The highest BCUT2D eigenvalue weighted by Crippen LogP contribution is 2.68. The molecule has 0 aromatic rings. The number of rotatable bonds is 5. The molecule has 3 N–H and O–H groups in total. The van der Waals surface area contributed by atoms with Gasteiger partial charge in [0.2, 0.25) is 0 Å². The van der Waals surface area contributed by atoms with Crippen LogP contribution in [0, 0.1) is 52.3 Å². The van der Waals surface area contributed by atoms with Crippen LogP contribution in [0.4, 0.5) is 0 Å². The Hall–Kier alpha value is -0.120. The monoisotopic (exact) mass is 420 g/mol. The average Bonchev–Trinajstić information content (AvgIpc) is 3.01. The van der Waals surface area contributed by atoms with Gasteiger partial charge in [0.15, 0.2) is 0 Å². The summed E-state index contributed by atoms with van der Waals surface area (Å²) in [5, 5.41) is 32.5. The van der Waals surface area contributed by atoms with Crippen molar-refractivity contribution in [2.45, 2.75) is 117 Å². The van der Waals surface area contributed by atoms with Crippen LogP contribution >= 0.6 is 0 Å². The van der Waals surface area contributed by atoms with E-state index in [9.17, 15) is 15.3 Å². The number of hydrogen-bond acceptors (Lipinski definition) is 3.